The number of aliphatic carboxylic acids is 3. The summed E-state index contributed by atoms with van der Waals surface area (Å²) < 4.78 is 0. The molecule has 3 aliphatic rings. The highest BCUT2D eigenvalue weighted by Crippen LogP contribution is 2.33. The highest BCUT2D eigenvalue weighted by molar-refractivity contribution is 8.00. The molecule has 3 rings (SSSR count). The Balaban J connectivity index is 1.27. The van der Waals surface area contributed by atoms with Crippen LogP contribution in [0.5, 0.6) is 0 Å². The molecule has 3 saturated heterocycles. The van der Waals surface area contributed by atoms with Crippen LogP contribution in [0.25, 0.3) is 0 Å². The lowest BCUT2D eigenvalue weighted by Gasteiger charge is -2.32. The van der Waals surface area contributed by atoms with Crippen LogP contribution in [-0.2, 0) is 19.2 Å². The fourth-order valence-electron chi connectivity index (χ4n) is 6.54. The summed E-state index contributed by atoms with van der Waals surface area (Å²) in [5.74, 6) is -2.07. The second kappa shape index (κ2) is 22.9. The fourth-order valence-corrected chi connectivity index (χ4v) is 8.08. The van der Waals surface area contributed by atoms with E-state index in [9.17, 15) is 39.3 Å². The minimum absolute atomic E-state index is 0.0244. The van der Waals surface area contributed by atoms with E-state index in [1.807, 2.05) is 16.7 Å². The van der Waals surface area contributed by atoms with Gasteiger partial charge in [-0.15, -0.1) is 0 Å². The van der Waals surface area contributed by atoms with Crippen molar-refractivity contribution >= 4 is 41.6 Å². The monoisotopic (exact) mass is 714 g/mol. The van der Waals surface area contributed by atoms with Gasteiger partial charge in [0.1, 0.15) is 0 Å². The summed E-state index contributed by atoms with van der Waals surface area (Å²) in [6.07, 6.45) is 8.75. The first-order valence-corrected chi connectivity index (χ1v) is 18.8. The molecule has 0 aliphatic carbocycles. The van der Waals surface area contributed by atoms with Crippen LogP contribution in [0.15, 0.2) is 0 Å². The van der Waals surface area contributed by atoms with Crippen LogP contribution in [0.2, 0.25) is 0 Å². The smallest absolute Gasteiger partial charge is 0.317 e. The number of amides is 3. The van der Waals surface area contributed by atoms with Crippen molar-refractivity contribution in [2.45, 2.75) is 68.7 Å². The molecule has 3 atom stereocenters. The van der Waals surface area contributed by atoms with Crippen LogP contribution in [0.3, 0.4) is 0 Å². The van der Waals surface area contributed by atoms with Gasteiger partial charge in [-0.05, 0) is 38.8 Å². The van der Waals surface area contributed by atoms with E-state index in [1.165, 1.54) is 12.8 Å². The van der Waals surface area contributed by atoms with Crippen molar-refractivity contribution in [2.24, 2.45) is 0 Å². The lowest BCUT2D eigenvalue weighted by molar-refractivity contribution is -0.140. The van der Waals surface area contributed by atoms with E-state index in [-0.39, 0.29) is 44.2 Å². The zero-order chi connectivity index (χ0) is 35.4. The first kappa shape index (κ1) is 40.7. The van der Waals surface area contributed by atoms with Gasteiger partial charge in [0.2, 0.25) is 5.91 Å². The van der Waals surface area contributed by atoms with Crippen LogP contribution >= 0.6 is 11.8 Å². The van der Waals surface area contributed by atoms with E-state index in [0.717, 1.165) is 57.4 Å². The van der Waals surface area contributed by atoms with E-state index in [1.54, 1.807) is 14.7 Å². The van der Waals surface area contributed by atoms with Crippen LogP contribution < -0.4 is 21.3 Å². The maximum Gasteiger partial charge on any atom is 0.317 e. The van der Waals surface area contributed by atoms with Gasteiger partial charge in [0, 0.05) is 69.9 Å². The quantitative estimate of drug-likeness (QED) is 0.0589. The third-order valence-corrected chi connectivity index (χ3v) is 10.8. The SMILES string of the molecule is O=C(O)CN1CCN(CC(=O)O)CCN(CC(=O)NCCCCCCNCCCCC[C@@H]2SC[C@H]3NC(=O)N[C@@H]23)CCN(CC(=O)O)CC1. The van der Waals surface area contributed by atoms with Crippen molar-refractivity contribution in [1.29, 1.82) is 0 Å². The molecule has 7 N–H and O–H groups in total. The number of nitrogens with zero attached hydrogens (tertiary/aromatic N) is 4. The molecule has 0 saturated carbocycles. The van der Waals surface area contributed by atoms with E-state index in [2.05, 4.69) is 21.3 Å². The van der Waals surface area contributed by atoms with Gasteiger partial charge in [0.05, 0.1) is 38.3 Å². The number of nitrogens with one attached hydrogen (secondary N) is 4. The normalized spacial score (nSPS) is 23.2. The van der Waals surface area contributed by atoms with Crippen molar-refractivity contribution < 1.29 is 39.3 Å². The largest absolute Gasteiger partial charge is 0.480 e. The Morgan fingerprint density at radius 3 is 1.57 bits per heavy atom. The van der Waals surface area contributed by atoms with E-state index in [0.29, 0.717) is 70.2 Å². The topological polar surface area (TPSA) is 207 Å². The standard InChI is InChI=1S/C32H58N8O8S/c41-27(34-11-7-2-1-5-9-33-10-6-3-4-8-26-31-25(24-49-26)35-32(48)36-31)20-37-12-14-38(21-28(42)43)16-18-40(23-30(46)47)19-17-39(15-13-37)22-29(44)45/h25-26,31,33H,1-24H2,(H,34,41)(H,42,43)(H,44,45)(H,46,47)(H2,35,36,48)/t25-,26+,31-/m1/s1. The molecule has 3 fully saturated rings. The maximum absolute atomic E-state index is 12.8. The zero-order valence-corrected chi connectivity index (χ0v) is 29.6. The average Bonchev–Trinajstić information content (AvgIpc) is 3.59. The molecule has 0 aromatic heterocycles. The Bertz CT molecular complexity index is 1030. The number of carbonyl (C=O) groups excluding carboxylic acids is 2. The minimum atomic E-state index is -0.998. The number of hydrogen-bond acceptors (Lipinski definition) is 11. The minimum Gasteiger partial charge on any atom is -0.480 e. The number of carboxylic acid groups (broad SMARTS) is 3. The van der Waals surface area contributed by atoms with E-state index in [4.69, 9.17) is 0 Å². The molecule has 3 aliphatic heterocycles. The lowest BCUT2D eigenvalue weighted by atomic mass is 10.0. The average molecular weight is 715 g/mol. The molecule has 3 heterocycles. The molecule has 280 valence electrons. The first-order valence-electron chi connectivity index (χ1n) is 17.8. The number of hydrogen-bond donors (Lipinski definition) is 7. The van der Waals surface area contributed by atoms with Crippen LogP contribution in [-0.4, -0.2) is 186 Å². The molecule has 3 amide bonds. The predicted molar refractivity (Wildman–Crippen MR) is 187 cm³/mol. The van der Waals surface area contributed by atoms with Crippen LogP contribution in [0, 0.1) is 0 Å². The third kappa shape index (κ3) is 17.2. The molecule has 0 bridgehead atoms. The Labute approximate surface area is 294 Å². The van der Waals surface area contributed by atoms with Crippen molar-refractivity contribution in [3.8, 4) is 0 Å². The van der Waals surface area contributed by atoms with Gasteiger partial charge < -0.3 is 36.6 Å². The number of carbonyl (C=O) groups is 5. The Hall–Kier alpha value is -2.70. The van der Waals surface area contributed by atoms with Crippen LogP contribution in [0.4, 0.5) is 4.79 Å². The summed E-state index contributed by atoms with van der Waals surface area (Å²) in [7, 11) is 0. The molecule has 0 aromatic rings. The molecule has 16 nitrogen and oxygen atoms in total. The van der Waals surface area contributed by atoms with Crippen molar-refractivity contribution in [2.75, 3.05) is 104 Å². The number of fused-ring (bicyclic) bond motifs is 1. The summed E-state index contributed by atoms with van der Waals surface area (Å²) in [6.45, 7) is 5.07. The van der Waals surface area contributed by atoms with Gasteiger partial charge in [0.25, 0.3) is 0 Å². The third-order valence-electron chi connectivity index (χ3n) is 9.26. The molecule has 0 radical (unpaired) electrons. The van der Waals surface area contributed by atoms with Gasteiger partial charge in [-0.2, -0.15) is 11.8 Å². The second-order valence-corrected chi connectivity index (χ2v) is 14.5. The fraction of sp³-hybridized carbons (Fsp3) is 0.844. The molecule has 0 aromatic carbocycles. The van der Waals surface area contributed by atoms with Gasteiger partial charge in [0.15, 0.2) is 0 Å². The van der Waals surface area contributed by atoms with Crippen LogP contribution in [0.1, 0.15) is 51.4 Å². The zero-order valence-electron chi connectivity index (χ0n) is 28.8. The van der Waals surface area contributed by atoms with Crippen molar-refractivity contribution in [3.63, 3.8) is 0 Å². The second-order valence-electron chi connectivity index (χ2n) is 13.3. The number of carboxylic acids is 3. The van der Waals surface area contributed by atoms with Gasteiger partial charge >= 0.3 is 23.9 Å². The number of thioether (sulfide) groups is 1. The number of urea groups is 1. The number of rotatable bonds is 21. The highest BCUT2D eigenvalue weighted by Gasteiger charge is 2.42. The molecular formula is C32H58N8O8S. The molecule has 49 heavy (non-hydrogen) atoms. The molecular weight excluding hydrogens is 656 g/mol. The molecule has 17 heteroatoms. The maximum atomic E-state index is 12.8. The van der Waals surface area contributed by atoms with Gasteiger partial charge in [-0.1, -0.05) is 25.7 Å². The Morgan fingerprint density at radius 2 is 1.08 bits per heavy atom. The van der Waals surface area contributed by atoms with Gasteiger partial charge in [-0.3, -0.25) is 38.8 Å². The van der Waals surface area contributed by atoms with Gasteiger partial charge in [-0.25, -0.2) is 4.79 Å². The summed E-state index contributed by atoms with van der Waals surface area (Å²) in [5.41, 5.74) is 0. The summed E-state index contributed by atoms with van der Waals surface area (Å²) in [4.78, 5) is 65.7. The summed E-state index contributed by atoms with van der Waals surface area (Å²) in [5, 5.41) is 41.2. The molecule has 0 unspecified atom stereocenters. The number of unbranched alkanes of at least 4 members (excludes halogenated alkanes) is 5. The first-order chi connectivity index (χ1) is 23.6. The summed E-state index contributed by atoms with van der Waals surface area (Å²) >= 11 is 1.97. The highest BCUT2D eigenvalue weighted by atomic mass is 32.2. The van der Waals surface area contributed by atoms with Crippen molar-refractivity contribution in [3.05, 3.63) is 0 Å². The summed E-state index contributed by atoms with van der Waals surface area (Å²) in [6, 6.07) is 0.557. The van der Waals surface area contributed by atoms with Crippen molar-refractivity contribution in [1.82, 2.24) is 40.9 Å². The lowest BCUT2D eigenvalue weighted by Crippen LogP contribution is -2.49. The van der Waals surface area contributed by atoms with E-state index >= 15 is 0 Å². The Morgan fingerprint density at radius 1 is 0.633 bits per heavy atom. The van der Waals surface area contributed by atoms with E-state index < -0.39 is 17.9 Å². The predicted octanol–water partition coefficient (Wildman–Crippen LogP) is -0.546. The Kier molecular flexibility index (Phi) is 19.0. The molecule has 0 spiro atoms.